The number of hydrogen-bond acceptors (Lipinski definition) is 8. The van der Waals surface area contributed by atoms with Crippen LogP contribution in [0.1, 0.15) is 16.8 Å². The number of para-hydroxylation sites is 1. The Bertz CT molecular complexity index is 1090. The smallest absolute Gasteiger partial charge is 0.338 e. The first kappa shape index (κ1) is 19.9. The first-order chi connectivity index (χ1) is 14.6. The molecule has 0 unspecified atom stereocenters. The number of thioether (sulfide) groups is 1. The minimum Gasteiger partial charge on any atom is -0.490 e. The van der Waals surface area contributed by atoms with Gasteiger partial charge in [-0.25, -0.2) is 4.79 Å². The minimum absolute atomic E-state index is 0.0369. The van der Waals surface area contributed by atoms with Gasteiger partial charge in [0, 0.05) is 18.4 Å². The fraction of sp³-hybridized carbons (Fsp3) is 0.227. The Labute approximate surface area is 177 Å². The molecule has 0 radical (unpaired) electrons. The Morgan fingerprint density at radius 2 is 1.93 bits per heavy atom. The summed E-state index contributed by atoms with van der Waals surface area (Å²) >= 11 is 1.34. The highest BCUT2D eigenvalue weighted by atomic mass is 32.2. The first-order valence-electron chi connectivity index (χ1n) is 9.33. The second-order valence-electron chi connectivity index (χ2n) is 6.63. The molecule has 0 aromatic heterocycles. The van der Waals surface area contributed by atoms with Crippen molar-refractivity contribution in [3.63, 3.8) is 0 Å². The van der Waals surface area contributed by atoms with Crippen LogP contribution < -0.4 is 14.4 Å². The van der Waals surface area contributed by atoms with Gasteiger partial charge >= 0.3 is 5.97 Å². The van der Waals surface area contributed by atoms with Crippen molar-refractivity contribution < 1.29 is 23.8 Å². The molecule has 30 heavy (non-hydrogen) atoms. The molecule has 0 saturated heterocycles. The molecule has 2 aromatic rings. The monoisotopic (exact) mass is 422 g/mol. The van der Waals surface area contributed by atoms with Crippen LogP contribution in [-0.2, 0) is 9.53 Å². The summed E-state index contributed by atoms with van der Waals surface area (Å²) in [6.45, 7) is 0.522. The average Bonchev–Trinajstić information content (AvgIpc) is 2.93. The van der Waals surface area contributed by atoms with Gasteiger partial charge in [0.05, 0.1) is 24.5 Å². The molecule has 0 atom stereocenters. The third-order valence-corrected chi connectivity index (χ3v) is 5.90. The van der Waals surface area contributed by atoms with Crippen LogP contribution >= 0.6 is 11.8 Å². The predicted molar refractivity (Wildman–Crippen MR) is 111 cm³/mol. The van der Waals surface area contributed by atoms with Crippen molar-refractivity contribution in [2.75, 3.05) is 31.8 Å². The average molecular weight is 422 g/mol. The summed E-state index contributed by atoms with van der Waals surface area (Å²) in [5, 5.41) is 10.1. The number of ketones is 1. The standard InChI is InChI=1S/C22H18N2O5S/c1-24-16-5-2-3-6-20(16)30-21(24)15(12-23)17(25)13-29-22(26)14-7-8-18-19(11-14)28-10-4-9-27-18/h2-3,5-8,11H,4,9-10,13H2,1H3/b21-15-. The molecule has 0 aliphatic carbocycles. The van der Waals surface area contributed by atoms with Crippen molar-refractivity contribution in [3.05, 3.63) is 58.6 Å². The topological polar surface area (TPSA) is 88.9 Å². The van der Waals surface area contributed by atoms with Crippen LogP contribution in [-0.4, -0.2) is 38.6 Å². The second-order valence-corrected chi connectivity index (χ2v) is 7.66. The molecule has 0 bridgehead atoms. The summed E-state index contributed by atoms with van der Waals surface area (Å²) in [6, 6.07) is 14.3. The van der Waals surface area contributed by atoms with Crippen LogP contribution in [0.3, 0.4) is 0 Å². The SMILES string of the molecule is CN1/C(=C(\C#N)C(=O)COC(=O)c2ccc3c(c2)OCCCO3)Sc2ccccc21. The van der Waals surface area contributed by atoms with Crippen LogP contribution in [0.5, 0.6) is 11.5 Å². The molecule has 0 fully saturated rings. The quantitative estimate of drug-likeness (QED) is 0.420. The van der Waals surface area contributed by atoms with Crippen molar-refractivity contribution in [2.24, 2.45) is 0 Å². The lowest BCUT2D eigenvalue weighted by molar-refractivity contribution is -0.118. The molecule has 8 heteroatoms. The lowest BCUT2D eigenvalue weighted by Gasteiger charge is -2.14. The number of Topliss-reactive ketones (excluding diaryl/α,β-unsaturated/α-hetero) is 1. The van der Waals surface area contributed by atoms with Gasteiger partial charge in [0.2, 0.25) is 5.78 Å². The predicted octanol–water partition coefficient (Wildman–Crippen LogP) is 3.55. The Morgan fingerprint density at radius 3 is 2.70 bits per heavy atom. The molecule has 0 spiro atoms. The van der Waals surface area contributed by atoms with E-state index in [0.717, 1.165) is 17.0 Å². The molecule has 4 rings (SSSR count). The van der Waals surface area contributed by atoms with Gasteiger partial charge in [-0.1, -0.05) is 23.9 Å². The van der Waals surface area contributed by atoms with Gasteiger partial charge in [0.25, 0.3) is 0 Å². The summed E-state index contributed by atoms with van der Waals surface area (Å²) in [4.78, 5) is 27.8. The van der Waals surface area contributed by atoms with Gasteiger partial charge in [0.15, 0.2) is 18.1 Å². The lowest BCUT2D eigenvalue weighted by Crippen LogP contribution is -2.20. The molecule has 2 heterocycles. The zero-order valence-electron chi connectivity index (χ0n) is 16.2. The zero-order valence-corrected chi connectivity index (χ0v) is 17.0. The summed E-state index contributed by atoms with van der Waals surface area (Å²) < 4.78 is 16.3. The van der Waals surface area contributed by atoms with E-state index in [1.165, 1.54) is 17.8 Å². The van der Waals surface area contributed by atoms with Crippen molar-refractivity contribution in [1.82, 2.24) is 0 Å². The van der Waals surface area contributed by atoms with E-state index < -0.39 is 18.4 Å². The van der Waals surface area contributed by atoms with Crippen LogP contribution in [0.2, 0.25) is 0 Å². The first-order valence-corrected chi connectivity index (χ1v) is 10.1. The molecule has 0 amide bonds. The largest absolute Gasteiger partial charge is 0.490 e. The fourth-order valence-electron chi connectivity index (χ4n) is 3.13. The Morgan fingerprint density at radius 1 is 1.17 bits per heavy atom. The molecule has 7 nitrogen and oxygen atoms in total. The molecule has 0 N–H and O–H groups in total. The molecule has 2 aromatic carbocycles. The maximum atomic E-state index is 12.6. The number of fused-ring (bicyclic) bond motifs is 2. The number of rotatable bonds is 4. The number of nitrogens with zero attached hydrogens (tertiary/aromatic N) is 2. The zero-order chi connectivity index (χ0) is 21.1. The van der Waals surface area contributed by atoms with Crippen LogP contribution in [0.15, 0.2) is 58.0 Å². The molecule has 152 valence electrons. The van der Waals surface area contributed by atoms with E-state index in [0.29, 0.717) is 29.7 Å². The van der Waals surface area contributed by atoms with Crippen LogP contribution in [0.4, 0.5) is 5.69 Å². The van der Waals surface area contributed by atoms with Crippen LogP contribution in [0, 0.1) is 11.3 Å². The minimum atomic E-state index is -0.669. The van der Waals surface area contributed by atoms with Gasteiger partial charge < -0.3 is 19.1 Å². The Balaban J connectivity index is 1.46. The fourth-order valence-corrected chi connectivity index (χ4v) is 4.29. The van der Waals surface area contributed by atoms with Crippen molar-refractivity contribution in [1.29, 1.82) is 5.26 Å². The highest BCUT2D eigenvalue weighted by Crippen LogP contribution is 2.46. The number of carbonyl (C=O) groups excluding carboxylic acids is 2. The normalized spacial score (nSPS) is 16.2. The Hall–Kier alpha value is -3.44. The maximum absolute atomic E-state index is 12.6. The highest BCUT2D eigenvalue weighted by molar-refractivity contribution is 8.03. The van der Waals surface area contributed by atoms with E-state index in [4.69, 9.17) is 14.2 Å². The van der Waals surface area contributed by atoms with E-state index in [9.17, 15) is 14.9 Å². The summed E-state index contributed by atoms with van der Waals surface area (Å²) in [7, 11) is 1.79. The number of nitriles is 1. The molecular formula is C22H18N2O5S. The number of benzene rings is 2. The third kappa shape index (κ3) is 3.84. The van der Waals surface area contributed by atoms with Gasteiger partial charge in [-0.2, -0.15) is 5.26 Å². The van der Waals surface area contributed by atoms with Gasteiger partial charge in [-0.3, -0.25) is 4.79 Å². The van der Waals surface area contributed by atoms with Crippen molar-refractivity contribution in [2.45, 2.75) is 11.3 Å². The third-order valence-electron chi connectivity index (χ3n) is 4.66. The molecular weight excluding hydrogens is 404 g/mol. The number of ether oxygens (including phenoxy) is 3. The van der Waals surface area contributed by atoms with E-state index in [2.05, 4.69) is 0 Å². The van der Waals surface area contributed by atoms with Crippen molar-refractivity contribution >= 4 is 29.2 Å². The molecule has 2 aliphatic rings. The number of anilines is 1. The van der Waals surface area contributed by atoms with E-state index in [1.54, 1.807) is 24.1 Å². The number of esters is 1. The summed E-state index contributed by atoms with van der Waals surface area (Å²) in [5.41, 5.74) is 1.13. The van der Waals surface area contributed by atoms with Gasteiger partial charge in [-0.15, -0.1) is 0 Å². The van der Waals surface area contributed by atoms with Gasteiger partial charge in [0.1, 0.15) is 16.7 Å². The number of hydrogen-bond donors (Lipinski definition) is 0. The summed E-state index contributed by atoms with van der Waals surface area (Å²) in [6.07, 6.45) is 0.755. The van der Waals surface area contributed by atoms with Crippen LogP contribution in [0.25, 0.3) is 0 Å². The lowest BCUT2D eigenvalue weighted by atomic mass is 10.2. The second kappa shape index (κ2) is 8.51. The van der Waals surface area contributed by atoms with E-state index in [1.807, 2.05) is 30.3 Å². The highest BCUT2D eigenvalue weighted by Gasteiger charge is 2.28. The molecule has 0 saturated carbocycles. The maximum Gasteiger partial charge on any atom is 0.338 e. The van der Waals surface area contributed by atoms with Gasteiger partial charge in [-0.05, 0) is 30.3 Å². The molecule has 2 aliphatic heterocycles. The number of carbonyl (C=O) groups is 2. The summed E-state index contributed by atoms with van der Waals surface area (Å²) in [5.74, 6) is -0.188. The van der Waals surface area contributed by atoms with E-state index in [-0.39, 0.29) is 11.1 Å². The Kier molecular flexibility index (Phi) is 5.63. The van der Waals surface area contributed by atoms with Crippen molar-refractivity contribution in [3.8, 4) is 17.6 Å². The van der Waals surface area contributed by atoms with E-state index >= 15 is 0 Å².